The molecule has 20 heavy (non-hydrogen) atoms. The Morgan fingerprint density at radius 1 is 1.25 bits per heavy atom. The van der Waals surface area contributed by atoms with Gasteiger partial charge in [0.15, 0.2) is 0 Å². The molecule has 0 radical (unpaired) electrons. The molecule has 104 valence electrons. The molecule has 0 saturated heterocycles. The minimum absolute atomic E-state index is 0.125. The first-order valence-electron chi connectivity index (χ1n) is 6.09. The minimum atomic E-state index is -0.125. The topological polar surface area (TPSA) is 58.1 Å². The van der Waals surface area contributed by atoms with Gasteiger partial charge in [-0.2, -0.15) is 0 Å². The van der Waals surface area contributed by atoms with Crippen molar-refractivity contribution in [2.75, 3.05) is 19.0 Å². The largest absolute Gasteiger partial charge is 0.363 e. The molecular formula is C14H15IN4O. The van der Waals surface area contributed by atoms with Gasteiger partial charge in [0, 0.05) is 29.4 Å². The molecule has 1 heterocycles. The van der Waals surface area contributed by atoms with Gasteiger partial charge in [-0.05, 0) is 52.9 Å². The third kappa shape index (κ3) is 3.89. The van der Waals surface area contributed by atoms with E-state index in [9.17, 15) is 4.79 Å². The summed E-state index contributed by atoms with van der Waals surface area (Å²) in [5.74, 6) is 1.29. The average molecular weight is 382 g/mol. The van der Waals surface area contributed by atoms with E-state index in [1.54, 1.807) is 18.3 Å². The van der Waals surface area contributed by atoms with Crippen molar-refractivity contribution in [1.82, 2.24) is 15.3 Å². The molecule has 1 amide bonds. The van der Waals surface area contributed by atoms with Crippen molar-refractivity contribution in [1.29, 1.82) is 0 Å². The monoisotopic (exact) mass is 382 g/mol. The fraction of sp³-hybridized carbons (Fsp3) is 0.214. The van der Waals surface area contributed by atoms with Crippen LogP contribution in [0.1, 0.15) is 16.2 Å². The number of nitrogens with zero attached hydrogens (tertiary/aromatic N) is 3. The molecule has 2 aromatic rings. The lowest BCUT2D eigenvalue weighted by Crippen LogP contribution is -2.24. The molecule has 0 unspecified atom stereocenters. The molecule has 0 saturated carbocycles. The molecule has 1 aromatic heterocycles. The van der Waals surface area contributed by atoms with Crippen LogP contribution < -0.4 is 10.2 Å². The van der Waals surface area contributed by atoms with Crippen LogP contribution in [0.15, 0.2) is 36.5 Å². The van der Waals surface area contributed by atoms with Crippen LogP contribution in [-0.2, 0) is 6.54 Å². The van der Waals surface area contributed by atoms with Crippen LogP contribution >= 0.6 is 22.6 Å². The Morgan fingerprint density at radius 3 is 2.60 bits per heavy atom. The summed E-state index contributed by atoms with van der Waals surface area (Å²) in [5.41, 5.74) is 0.634. The molecule has 0 aliphatic carbocycles. The highest BCUT2D eigenvalue weighted by molar-refractivity contribution is 14.1. The maximum absolute atomic E-state index is 12.0. The summed E-state index contributed by atoms with van der Waals surface area (Å²) in [4.78, 5) is 22.4. The number of rotatable bonds is 4. The lowest BCUT2D eigenvalue weighted by molar-refractivity contribution is 0.0950. The number of hydrogen-bond acceptors (Lipinski definition) is 4. The predicted molar refractivity (Wildman–Crippen MR) is 86.7 cm³/mol. The quantitative estimate of drug-likeness (QED) is 0.823. The number of carbonyl (C=O) groups excluding carboxylic acids is 1. The van der Waals surface area contributed by atoms with Crippen LogP contribution in [0.4, 0.5) is 5.82 Å². The predicted octanol–water partition coefficient (Wildman–Crippen LogP) is 2.08. The summed E-state index contributed by atoms with van der Waals surface area (Å²) < 4.78 is 1.10. The van der Waals surface area contributed by atoms with Crippen LogP contribution in [0.3, 0.4) is 0 Å². The highest BCUT2D eigenvalue weighted by Crippen LogP contribution is 2.08. The second-order valence-electron chi connectivity index (χ2n) is 4.42. The number of benzene rings is 1. The van der Waals surface area contributed by atoms with Crippen molar-refractivity contribution < 1.29 is 4.79 Å². The Hall–Kier alpha value is -1.70. The molecule has 5 nitrogen and oxygen atoms in total. The van der Waals surface area contributed by atoms with E-state index in [0.717, 1.165) is 9.39 Å². The van der Waals surface area contributed by atoms with Crippen molar-refractivity contribution in [2.45, 2.75) is 6.54 Å². The Labute approximate surface area is 131 Å². The Morgan fingerprint density at radius 2 is 1.95 bits per heavy atom. The first kappa shape index (κ1) is 14.7. The number of nitrogens with one attached hydrogen (secondary N) is 1. The summed E-state index contributed by atoms with van der Waals surface area (Å²) in [7, 11) is 3.83. The van der Waals surface area contributed by atoms with Crippen molar-refractivity contribution in [2.24, 2.45) is 0 Å². The number of halogens is 1. The van der Waals surface area contributed by atoms with Crippen molar-refractivity contribution in [3.8, 4) is 0 Å². The van der Waals surface area contributed by atoms with E-state index in [4.69, 9.17) is 0 Å². The average Bonchev–Trinajstić information content (AvgIpc) is 2.46. The summed E-state index contributed by atoms with van der Waals surface area (Å²) in [6.45, 7) is 0.312. The molecule has 1 N–H and O–H groups in total. The van der Waals surface area contributed by atoms with Crippen LogP contribution in [0.5, 0.6) is 0 Å². The van der Waals surface area contributed by atoms with Gasteiger partial charge >= 0.3 is 0 Å². The molecule has 0 fully saturated rings. The maximum atomic E-state index is 12.0. The lowest BCUT2D eigenvalue weighted by Gasteiger charge is -2.11. The third-order valence-electron chi connectivity index (χ3n) is 2.66. The van der Waals surface area contributed by atoms with Crippen LogP contribution in [0.2, 0.25) is 0 Å². The molecule has 0 aliphatic heterocycles. The highest BCUT2D eigenvalue weighted by Gasteiger charge is 2.06. The zero-order chi connectivity index (χ0) is 14.5. The van der Waals surface area contributed by atoms with E-state index >= 15 is 0 Å². The van der Waals surface area contributed by atoms with Crippen LogP contribution in [0.25, 0.3) is 0 Å². The van der Waals surface area contributed by atoms with Gasteiger partial charge in [-0.3, -0.25) is 4.79 Å². The molecule has 2 rings (SSSR count). The molecule has 6 heteroatoms. The van der Waals surface area contributed by atoms with Gasteiger partial charge in [0.2, 0.25) is 0 Å². The van der Waals surface area contributed by atoms with E-state index in [-0.39, 0.29) is 5.91 Å². The zero-order valence-corrected chi connectivity index (χ0v) is 13.5. The van der Waals surface area contributed by atoms with Gasteiger partial charge in [-0.25, -0.2) is 9.97 Å². The lowest BCUT2D eigenvalue weighted by atomic mass is 10.2. The number of anilines is 1. The smallest absolute Gasteiger partial charge is 0.251 e. The highest BCUT2D eigenvalue weighted by atomic mass is 127. The summed E-state index contributed by atoms with van der Waals surface area (Å²) in [6.07, 6.45) is 1.69. The Kier molecular flexibility index (Phi) is 4.89. The normalized spacial score (nSPS) is 10.2. The molecule has 0 bridgehead atoms. The van der Waals surface area contributed by atoms with E-state index in [1.165, 1.54) is 0 Å². The van der Waals surface area contributed by atoms with Crippen molar-refractivity contribution in [3.63, 3.8) is 0 Å². The number of amides is 1. The molecule has 0 spiro atoms. The SMILES string of the molecule is CN(C)c1ccnc(CNC(=O)c2ccc(I)cc2)n1. The van der Waals surface area contributed by atoms with Gasteiger partial charge in [0.25, 0.3) is 5.91 Å². The minimum Gasteiger partial charge on any atom is -0.363 e. The first-order valence-corrected chi connectivity index (χ1v) is 7.17. The molecule has 0 aliphatic rings. The Balaban J connectivity index is 1.99. The van der Waals surface area contributed by atoms with Crippen molar-refractivity contribution >= 4 is 34.3 Å². The standard InChI is InChI=1S/C14H15IN4O/c1-19(2)13-7-8-16-12(18-13)9-17-14(20)10-3-5-11(15)6-4-10/h3-8H,9H2,1-2H3,(H,17,20). The Bertz CT molecular complexity index is 598. The molecular weight excluding hydrogens is 367 g/mol. The van der Waals surface area contributed by atoms with Gasteiger partial charge in [0.05, 0.1) is 6.54 Å². The first-order chi connectivity index (χ1) is 9.56. The van der Waals surface area contributed by atoms with Crippen LogP contribution in [0, 0.1) is 3.57 Å². The zero-order valence-electron chi connectivity index (χ0n) is 11.3. The summed E-state index contributed by atoms with van der Waals surface area (Å²) >= 11 is 2.20. The summed E-state index contributed by atoms with van der Waals surface area (Å²) in [6, 6.07) is 9.23. The van der Waals surface area contributed by atoms with Crippen molar-refractivity contribution in [3.05, 3.63) is 51.5 Å². The fourth-order valence-corrected chi connectivity index (χ4v) is 1.94. The van der Waals surface area contributed by atoms with Gasteiger partial charge < -0.3 is 10.2 Å². The number of hydrogen-bond donors (Lipinski definition) is 1. The van der Waals surface area contributed by atoms with Crippen LogP contribution in [-0.4, -0.2) is 30.0 Å². The van der Waals surface area contributed by atoms with E-state index in [2.05, 4.69) is 37.9 Å². The second kappa shape index (κ2) is 6.65. The van der Waals surface area contributed by atoms with E-state index < -0.39 is 0 Å². The summed E-state index contributed by atoms with van der Waals surface area (Å²) in [5, 5.41) is 2.82. The fourth-order valence-electron chi connectivity index (χ4n) is 1.59. The third-order valence-corrected chi connectivity index (χ3v) is 3.38. The van der Waals surface area contributed by atoms with Gasteiger partial charge in [-0.1, -0.05) is 0 Å². The van der Waals surface area contributed by atoms with E-state index in [1.807, 2.05) is 37.2 Å². The van der Waals surface area contributed by atoms with Gasteiger partial charge in [0.1, 0.15) is 11.6 Å². The maximum Gasteiger partial charge on any atom is 0.251 e. The molecule has 1 aromatic carbocycles. The van der Waals surface area contributed by atoms with Gasteiger partial charge in [-0.15, -0.1) is 0 Å². The number of carbonyl (C=O) groups is 1. The second-order valence-corrected chi connectivity index (χ2v) is 5.66. The van der Waals surface area contributed by atoms with E-state index in [0.29, 0.717) is 17.9 Å². The number of aromatic nitrogens is 2. The molecule has 0 atom stereocenters.